The normalized spacial score (nSPS) is 22.1. The zero-order valence-corrected chi connectivity index (χ0v) is 20.7. The summed E-state index contributed by atoms with van der Waals surface area (Å²) in [6.45, 7) is 2.24. The van der Waals surface area contributed by atoms with Gasteiger partial charge in [0.25, 0.3) is 0 Å². The summed E-state index contributed by atoms with van der Waals surface area (Å²) < 4.78 is 1.31. The van der Waals surface area contributed by atoms with Crippen molar-refractivity contribution in [3.63, 3.8) is 0 Å². The highest BCUT2D eigenvalue weighted by Crippen LogP contribution is 2.41. The van der Waals surface area contributed by atoms with Crippen LogP contribution in [0.25, 0.3) is 10.1 Å². The number of aliphatic imine (C=N–C) groups is 2. The van der Waals surface area contributed by atoms with Gasteiger partial charge in [0, 0.05) is 43.2 Å². The lowest BCUT2D eigenvalue weighted by Crippen LogP contribution is -2.30. The monoisotopic (exact) mass is 492 g/mol. The molecule has 0 radical (unpaired) electrons. The van der Waals surface area contributed by atoms with Crippen molar-refractivity contribution in [1.82, 2.24) is 10.6 Å². The molecule has 2 unspecified atom stereocenters. The number of amidine groups is 1. The van der Waals surface area contributed by atoms with Gasteiger partial charge in [0.2, 0.25) is 0 Å². The van der Waals surface area contributed by atoms with Gasteiger partial charge in [-0.3, -0.25) is 0 Å². The highest BCUT2D eigenvalue weighted by atomic mass is 35.5. The van der Waals surface area contributed by atoms with E-state index in [-0.39, 0.29) is 12.1 Å². The maximum absolute atomic E-state index is 6.58. The van der Waals surface area contributed by atoms with E-state index in [9.17, 15) is 0 Å². The summed E-state index contributed by atoms with van der Waals surface area (Å²) in [4.78, 5) is 12.9. The first kappa shape index (κ1) is 21.1. The molecule has 0 spiro atoms. The third kappa shape index (κ3) is 4.16. The van der Waals surface area contributed by atoms with Crippen molar-refractivity contribution in [3.05, 3.63) is 79.6 Å². The molecule has 4 heterocycles. The third-order valence-electron chi connectivity index (χ3n) is 6.49. The second-order valence-electron chi connectivity index (χ2n) is 8.80. The van der Waals surface area contributed by atoms with Crippen LogP contribution in [0.5, 0.6) is 0 Å². The lowest BCUT2D eigenvalue weighted by atomic mass is 9.99. The smallest absolute Gasteiger partial charge is 0.105 e. The Kier molecular flexibility index (Phi) is 5.60. The topological polar surface area (TPSA) is 48.8 Å². The number of nitrogens with one attached hydrogen (secondary N) is 2. The Morgan fingerprint density at radius 2 is 2.03 bits per heavy atom. The minimum absolute atomic E-state index is 0.0346. The van der Waals surface area contributed by atoms with Crippen LogP contribution in [0.15, 0.2) is 63.8 Å². The second-order valence-corrected chi connectivity index (χ2v) is 11.7. The average molecular weight is 493 g/mol. The molecule has 2 aliphatic heterocycles. The maximum atomic E-state index is 6.58. The Hall–Kier alpha value is -2.41. The molecule has 1 aromatic carbocycles. The van der Waals surface area contributed by atoms with Crippen LogP contribution in [0.2, 0.25) is 0 Å². The number of thiophene rings is 2. The van der Waals surface area contributed by atoms with Gasteiger partial charge in [0.1, 0.15) is 5.84 Å². The van der Waals surface area contributed by atoms with Gasteiger partial charge < -0.3 is 10.6 Å². The van der Waals surface area contributed by atoms with E-state index >= 15 is 0 Å². The van der Waals surface area contributed by atoms with Gasteiger partial charge in [-0.15, -0.1) is 22.7 Å². The molecule has 0 saturated heterocycles. The molecule has 3 aliphatic rings. The van der Waals surface area contributed by atoms with Crippen LogP contribution < -0.4 is 10.6 Å². The lowest BCUT2D eigenvalue weighted by molar-refractivity contribution is 0.750. The number of hydrogen-bond acceptors (Lipinski definition) is 6. The third-order valence-corrected chi connectivity index (χ3v) is 9.18. The van der Waals surface area contributed by atoms with Crippen molar-refractivity contribution in [2.24, 2.45) is 15.9 Å². The molecule has 1 fully saturated rings. The first-order valence-corrected chi connectivity index (χ1v) is 13.4. The van der Waals surface area contributed by atoms with Crippen molar-refractivity contribution in [2.75, 3.05) is 0 Å². The van der Waals surface area contributed by atoms with E-state index in [2.05, 4.69) is 63.9 Å². The van der Waals surface area contributed by atoms with E-state index in [0.717, 1.165) is 23.7 Å². The predicted molar refractivity (Wildman–Crippen MR) is 142 cm³/mol. The largest absolute Gasteiger partial charge is 0.364 e. The summed E-state index contributed by atoms with van der Waals surface area (Å²) in [6.07, 6.45) is 12.2. The summed E-state index contributed by atoms with van der Waals surface area (Å²) >= 11 is 10.4. The van der Waals surface area contributed by atoms with Gasteiger partial charge in [-0.1, -0.05) is 29.8 Å². The molecule has 0 amide bonds. The van der Waals surface area contributed by atoms with Crippen LogP contribution in [-0.4, -0.2) is 12.2 Å². The van der Waals surface area contributed by atoms with E-state index in [1.54, 1.807) is 12.5 Å². The summed E-state index contributed by atoms with van der Waals surface area (Å²) in [5, 5.41) is 9.05. The number of hydrogen-bond donors (Lipinski definition) is 2. The predicted octanol–water partition coefficient (Wildman–Crippen LogP) is 6.78. The van der Waals surface area contributed by atoms with Crippen molar-refractivity contribution < 1.29 is 0 Å². The van der Waals surface area contributed by atoms with E-state index in [0.29, 0.717) is 5.92 Å². The van der Waals surface area contributed by atoms with E-state index in [1.807, 2.05) is 28.9 Å². The Labute approximate surface area is 206 Å². The quantitative estimate of drug-likeness (QED) is 0.398. The van der Waals surface area contributed by atoms with Gasteiger partial charge in [-0.05, 0) is 61.8 Å². The Morgan fingerprint density at radius 1 is 1.15 bits per heavy atom. The van der Waals surface area contributed by atoms with Crippen molar-refractivity contribution in [3.8, 4) is 0 Å². The number of nitrogens with zero attached hydrogens (tertiary/aromatic N) is 2. The molecule has 2 N–H and O–H groups in total. The van der Waals surface area contributed by atoms with Crippen LogP contribution in [0, 0.1) is 12.8 Å². The van der Waals surface area contributed by atoms with Gasteiger partial charge in [0.05, 0.1) is 23.5 Å². The molecule has 4 nitrogen and oxygen atoms in total. The fourth-order valence-corrected chi connectivity index (χ4v) is 7.22. The number of halogens is 1. The summed E-state index contributed by atoms with van der Waals surface area (Å²) in [5.41, 5.74) is 2.67. The SMILES string of the molecule is Cc1sc(CCc2sc3ccccc3c2C2NC=NC=C2Cl)cc1C1C=CN=C(C2CC2)N1. The molecule has 1 aliphatic carbocycles. The maximum Gasteiger partial charge on any atom is 0.105 e. The van der Waals surface area contributed by atoms with Gasteiger partial charge in [-0.2, -0.15) is 0 Å². The zero-order chi connectivity index (χ0) is 22.4. The van der Waals surface area contributed by atoms with E-state index in [1.165, 1.54) is 48.7 Å². The van der Waals surface area contributed by atoms with Crippen molar-refractivity contribution >= 4 is 56.5 Å². The standard InChI is InChI=1S/C26H25ClN4S2/c1-15-19(21-10-11-29-26(31-21)16-6-7-16)12-17(32-15)8-9-23-24(25-20(27)13-28-14-30-25)18-4-2-3-5-22(18)33-23/h2-5,10-14,16,21,25H,6-9H2,1H3,(H,28,30)(H,29,31). The van der Waals surface area contributed by atoms with Gasteiger partial charge in [-0.25, -0.2) is 9.98 Å². The summed E-state index contributed by atoms with van der Waals surface area (Å²) in [6, 6.07) is 11.2. The minimum Gasteiger partial charge on any atom is -0.364 e. The van der Waals surface area contributed by atoms with E-state index in [4.69, 9.17) is 11.6 Å². The highest BCUT2D eigenvalue weighted by molar-refractivity contribution is 7.19. The number of benzene rings is 1. The molecule has 3 aromatic rings. The average Bonchev–Trinajstić information content (AvgIpc) is 3.53. The van der Waals surface area contributed by atoms with Crippen LogP contribution in [0.3, 0.4) is 0 Å². The van der Waals surface area contributed by atoms with Crippen molar-refractivity contribution in [2.45, 2.75) is 44.7 Å². The second kappa shape index (κ2) is 8.75. The number of aryl methyl sites for hydroxylation is 3. The van der Waals surface area contributed by atoms with Gasteiger partial charge >= 0.3 is 0 Å². The summed E-state index contributed by atoms with van der Waals surface area (Å²) in [5.74, 6) is 1.81. The summed E-state index contributed by atoms with van der Waals surface area (Å²) in [7, 11) is 0. The van der Waals surface area contributed by atoms with E-state index < -0.39 is 0 Å². The lowest BCUT2D eigenvalue weighted by Gasteiger charge is -2.20. The molecule has 1 saturated carbocycles. The molecular formula is C26H25ClN4S2. The Bertz CT molecular complexity index is 1330. The minimum atomic E-state index is -0.0346. The molecule has 33 heavy (non-hydrogen) atoms. The molecule has 2 aromatic heterocycles. The Morgan fingerprint density at radius 3 is 2.88 bits per heavy atom. The molecule has 0 bridgehead atoms. The zero-order valence-electron chi connectivity index (χ0n) is 18.3. The molecule has 7 heteroatoms. The van der Waals surface area contributed by atoms with Crippen LogP contribution in [0.1, 0.15) is 50.7 Å². The van der Waals surface area contributed by atoms with Crippen molar-refractivity contribution in [1.29, 1.82) is 0 Å². The molecule has 168 valence electrons. The first-order chi connectivity index (χ1) is 16.2. The number of fused-ring (bicyclic) bond motifs is 1. The fraction of sp³-hybridized carbons (Fsp3) is 0.308. The fourth-order valence-electron chi connectivity index (χ4n) is 4.66. The van der Waals surface area contributed by atoms with Crippen LogP contribution in [0.4, 0.5) is 0 Å². The van der Waals surface area contributed by atoms with Gasteiger partial charge in [0.15, 0.2) is 0 Å². The van der Waals surface area contributed by atoms with Crippen LogP contribution >= 0.6 is 34.3 Å². The molecular weight excluding hydrogens is 468 g/mol. The molecule has 6 rings (SSSR count). The Balaban J connectivity index is 1.25. The number of rotatable bonds is 6. The van der Waals surface area contributed by atoms with Crippen LogP contribution in [-0.2, 0) is 12.8 Å². The molecule has 2 atom stereocenters. The first-order valence-electron chi connectivity index (χ1n) is 11.4. The highest BCUT2D eigenvalue weighted by Gasteiger charge is 2.30.